The van der Waals surface area contributed by atoms with E-state index in [0.29, 0.717) is 12.5 Å². The third-order valence-corrected chi connectivity index (χ3v) is 5.96. The zero-order chi connectivity index (χ0) is 19.3. The fourth-order valence-electron chi connectivity index (χ4n) is 3.37. The second-order valence-corrected chi connectivity index (χ2v) is 8.22. The number of pyridine rings is 2. The second kappa shape index (κ2) is 8.86. The zero-order valence-corrected chi connectivity index (χ0v) is 17.2. The monoisotopic (exact) mass is 415 g/mol. The molecule has 28 heavy (non-hydrogen) atoms. The predicted molar refractivity (Wildman–Crippen MR) is 114 cm³/mol. The largest absolute Gasteiger partial charge is 0.348 e. The Bertz CT molecular complexity index is 932. The van der Waals surface area contributed by atoms with Gasteiger partial charge in [0, 0.05) is 31.4 Å². The molecule has 1 aliphatic rings. The van der Waals surface area contributed by atoms with Gasteiger partial charge in [0.25, 0.3) is 0 Å². The summed E-state index contributed by atoms with van der Waals surface area (Å²) in [5.74, 6) is 2.00. The third kappa shape index (κ3) is 4.60. The number of nitrogens with one attached hydrogen (secondary N) is 1. The lowest BCUT2D eigenvalue weighted by atomic mass is 10.00. The first-order chi connectivity index (χ1) is 13.7. The third-order valence-electron chi connectivity index (χ3n) is 4.75. The molecule has 1 atom stereocenters. The molecule has 6 nitrogen and oxygen atoms in total. The minimum absolute atomic E-state index is 0.450. The Kier molecular flexibility index (Phi) is 6.04. The number of anilines is 3. The molecule has 0 aliphatic carbocycles. The van der Waals surface area contributed by atoms with Crippen LogP contribution in [0.5, 0.6) is 0 Å². The molecule has 3 aromatic rings. The van der Waals surface area contributed by atoms with Gasteiger partial charge in [-0.2, -0.15) is 0 Å². The maximum atomic E-state index is 5.44. The van der Waals surface area contributed by atoms with Crippen LogP contribution >= 0.6 is 23.2 Å². The van der Waals surface area contributed by atoms with Crippen LogP contribution in [0, 0.1) is 12.8 Å². The van der Waals surface area contributed by atoms with Crippen molar-refractivity contribution in [3.05, 3.63) is 48.3 Å². The Balaban J connectivity index is 1.49. The highest BCUT2D eigenvalue weighted by Crippen LogP contribution is 2.33. The fourth-order valence-corrected chi connectivity index (χ4v) is 4.47. The number of halogens is 1. The van der Waals surface area contributed by atoms with E-state index in [2.05, 4.69) is 20.2 Å². The molecule has 1 saturated heterocycles. The maximum Gasteiger partial charge on any atom is 0.185 e. The Morgan fingerprint density at radius 2 is 2.21 bits per heavy atom. The van der Waals surface area contributed by atoms with Gasteiger partial charge in [0.15, 0.2) is 5.13 Å². The van der Waals surface area contributed by atoms with Crippen molar-refractivity contribution in [2.75, 3.05) is 29.9 Å². The minimum atomic E-state index is 0.450. The van der Waals surface area contributed by atoms with E-state index >= 15 is 0 Å². The molecule has 0 saturated carbocycles. The molecule has 4 heterocycles. The highest BCUT2D eigenvalue weighted by atomic mass is 35.5. The van der Waals surface area contributed by atoms with E-state index < -0.39 is 0 Å². The van der Waals surface area contributed by atoms with E-state index in [1.807, 2.05) is 43.5 Å². The van der Waals surface area contributed by atoms with E-state index in [1.165, 1.54) is 0 Å². The number of hydrogen-bond acceptors (Lipinski definition) is 7. The zero-order valence-electron chi connectivity index (χ0n) is 15.6. The Morgan fingerprint density at radius 1 is 1.29 bits per heavy atom. The molecule has 4 rings (SSSR count). The van der Waals surface area contributed by atoms with Gasteiger partial charge >= 0.3 is 0 Å². The van der Waals surface area contributed by atoms with E-state index in [4.69, 9.17) is 21.1 Å². The first-order valence-corrected chi connectivity index (χ1v) is 10.5. The summed E-state index contributed by atoms with van der Waals surface area (Å²) < 4.78 is 4.82. The summed E-state index contributed by atoms with van der Waals surface area (Å²) >= 11 is 7.11. The van der Waals surface area contributed by atoms with Gasteiger partial charge in [0.1, 0.15) is 11.6 Å². The SMILES string of the molecule is Cc1ccnc(Nc2cccc(-c3cnc(N4CCCC(COCl)C4)s3)n2)c1. The number of hydrogen-bond donors (Lipinski definition) is 1. The molecule has 0 bridgehead atoms. The van der Waals surface area contributed by atoms with Crippen molar-refractivity contribution < 1.29 is 4.29 Å². The van der Waals surface area contributed by atoms with E-state index in [-0.39, 0.29) is 0 Å². The molecule has 0 aromatic carbocycles. The normalized spacial score (nSPS) is 16.9. The van der Waals surface area contributed by atoms with Gasteiger partial charge in [0.2, 0.25) is 0 Å². The van der Waals surface area contributed by atoms with Gasteiger partial charge in [-0.3, -0.25) is 4.29 Å². The summed E-state index contributed by atoms with van der Waals surface area (Å²) in [4.78, 5) is 17.1. The molecular weight excluding hydrogens is 394 g/mol. The maximum absolute atomic E-state index is 5.44. The number of aromatic nitrogens is 3. The molecule has 1 fully saturated rings. The number of aryl methyl sites for hydroxylation is 1. The van der Waals surface area contributed by atoms with Gasteiger partial charge in [-0.1, -0.05) is 17.4 Å². The lowest BCUT2D eigenvalue weighted by Crippen LogP contribution is -2.36. The molecular formula is C20H22ClN5OS. The Morgan fingerprint density at radius 3 is 3.07 bits per heavy atom. The van der Waals surface area contributed by atoms with Crippen LogP contribution in [0.25, 0.3) is 10.6 Å². The first-order valence-electron chi connectivity index (χ1n) is 9.32. The predicted octanol–water partition coefficient (Wildman–Crippen LogP) is 5.04. The van der Waals surface area contributed by atoms with Crippen LogP contribution in [0.1, 0.15) is 18.4 Å². The molecule has 8 heteroatoms. The number of rotatable bonds is 6. The van der Waals surface area contributed by atoms with Crippen molar-refractivity contribution in [3.8, 4) is 10.6 Å². The molecule has 1 N–H and O–H groups in total. The number of thiazole rings is 1. The van der Waals surface area contributed by atoms with Gasteiger partial charge in [0.05, 0.1) is 29.0 Å². The summed E-state index contributed by atoms with van der Waals surface area (Å²) in [6.07, 6.45) is 5.96. The quantitative estimate of drug-likeness (QED) is 0.608. The lowest BCUT2D eigenvalue weighted by Gasteiger charge is -2.31. The second-order valence-electron chi connectivity index (χ2n) is 6.99. The summed E-state index contributed by atoms with van der Waals surface area (Å²) in [5.41, 5.74) is 2.05. The van der Waals surface area contributed by atoms with Crippen LogP contribution < -0.4 is 10.2 Å². The van der Waals surface area contributed by atoms with Crippen LogP contribution in [0.3, 0.4) is 0 Å². The lowest BCUT2D eigenvalue weighted by molar-refractivity contribution is 0.247. The minimum Gasteiger partial charge on any atom is -0.348 e. The highest BCUT2D eigenvalue weighted by Gasteiger charge is 2.22. The molecule has 146 valence electrons. The van der Waals surface area contributed by atoms with Crippen molar-refractivity contribution in [2.45, 2.75) is 19.8 Å². The van der Waals surface area contributed by atoms with Crippen molar-refractivity contribution in [2.24, 2.45) is 5.92 Å². The standard InChI is InChI=1S/C20H22ClN5OS/c1-14-7-8-22-19(10-14)25-18-6-2-5-16(24-18)17-11-23-20(28-17)26-9-3-4-15(12-26)13-27-21/h2,5-8,10-11,15H,3-4,9,12-13H2,1H3,(H,22,24,25). The number of nitrogens with zero attached hydrogens (tertiary/aromatic N) is 4. The van der Waals surface area contributed by atoms with Crippen LogP contribution in [-0.2, 0) is 4.29 Å². The van der Waals surface area contributed by atoms with Gasteiger partial charge in [-0.15, -0.1) is 0 Å². The van der Waals surface area contributed by atoms with Gasteiger partial charge in [-0.25, -0.2) is 15.0 Å². The van der Waals surface area contributed by atoms with Crippen molar-refractivity contribution in [1.29, 1.82) is 0 Å². The summed E-state index contributed by atoms with van der Waals surface area (Å²) in [6.45, 7) is 4.56. The van der Waals surface area contributed by atoms with Gasteiger partial charge < -0.3 is 10.2 Å². The molecule has 1 aliphatic heterocycles. The van der Waals surface area contributed by atoms with Gasteiger partial charge in [-0.05, 0) is 49.6 Å². The van der Waals surface area contributed by atoms with Crippen LogP contribution in [-0.4, -0.2) is 34.6 Å². The molecule has 0 amide bonds. The Labute approximate surface area is 173 Å². The first kappa shape index (κ1) is 19.1. The van der Waals surface area contributed by atoms with E-state index in [1.54, 1.807) is 17.5 Å². The van der Waals surface area contributed by atoms with Crippen LogP contribution in [0.15, 0.2) is 42.7 Å². The van der Waals surface area contributed by atoms with Crippen LogP contribution in [0.4, 0.5) is 16.8 Å². The van der Waals surface area contributed by atoms with E-state index in [9.17, 15) is 0 Å². The average Bonchev–Trinajstić information content (AvgIpc) is 3.19. The summed E-state index contributed by atoms with van der Waals surface area (Å²) in [6, 6.07) is 9.91. The van der Waals surface area contributed by atoms with Crippen molar-refractivity contribution >= 4 is 40.0 Å². The van der Waals surface area contributed by atoms with Crippen molar-refractivity contribution in [3.63, 3.8) is 0 Å². The molecule has 1 unspecified atom stereocenters. The smallest absolute Gasteiger partial charge is 0.185 e. The number of piperidine rings is 1. The topological polar surface area (TPSA) is 63.2 Å². The summed E-state index contributed by atoms with van der Waals surface area (Å²) in [7, 11) is 0. The van der Waals surface area contributed by atoms with Crippen molar-refractivity contribution in [1.82, 2.24) is 15.0 Å². The molecule has 0 radical (unpaired) electrons. The van der Waals surface area contributed by atoms with E-state index in [0.717, 1.165) is 58.8 Å². The summed E-state index contributed by atoms with van der Waals surface area (Å²) in [5, 5.41) is 4.29. The fraction of sp³-hybridized carbons (Fsp3) is 0.350. The molecule has 3 aromatic heterocycles. The average molecular weight is 416 g/mol. The Hall–Kier alpha value is -2.22. The van der Waals surface area contributed by atoms with Crippen LogP contribution in [0.2, 0.25) is 0 Å². The molecule has 0 spiro atoms. The highest BCUT2D eigenvalue weighted by molar-refractivity contribution is 7.18.